The van der Waals surface area contributed by atoms with Gasteiger partial charge in [-0.25, -0.2) is 4.79 Å². The number of aliphatic carboxylic acids is 1. The summed E-state index contributed by atoms with van der Waals surface area (Å²) >= 11 is 0. The van der Waals surface area contributed by atoms with Crippen molar-refractivity contribution in [1.29, 1.82) is 0 Å². The second-order valence-electron chi connectivity index (χ2n) is 33.2. The van der Waals surface area contributed by atoms with E-state index in [2.05, 4.69) is 33.8 Å². The molecule has 37 nitrogen and oxygen atoms in total. The van der Waals surface area contributed by atoms with Crippen LogP contribution in [0.2, 0.25) is 0 Å². The summed E-state index contributed by atoms with van der Waals surface area (Å²) in [6, 6.07) is 0. The van der Waals surface area contributed by atoms with Gasteiger partial charge in [-0.05, 0) is 97.7 Å². The molecule has 21 N–H and O–H groups in total. The number of carboxylic acids is 1. The summed E-state index contributed by atoms with van der Waals surface area (Å²) in [4.78, 5) is 28.7. The first-order chi connectivity index (χ1) is 49.2. The molecule has 7 saturated heterocycles. The van der Waals surface area contributed by atoms with Crippen molar-refractivity contribution in [3.05, 3.63) is 11.6 Å². The standard InChI is InChI=1S/C68H108O37/c1-24-45(98-55-44(86)46(30(75)20-93-55)99-60-51(87)67(91,22-71)23-95-60)39(81)42(84)56(96-24)102-49-36(78)29(74)19-94-58(49)105-61(90)68-13-12-62(2,3)14-26(68)25-8-9-33-63(4)15-27(72)52(64(5,21-70)32(63)10-11-65(33,6)66(25,7)16-34(68)76)104-59-50(103-57-41(83)38(80)37(79)31(17-69)97-57)47(43(85)48(101-59)53(88)89)100-54-40(82)35(77)28(73)18-92-54/h8,24,26-52,54-60,69-87,91H,9-23H2,1-7H3,(H,88,89). The second-order valence-corrected chi connectivity index (χ2v) is 33.2. The molecule has 0 spiro atoms. The van der Waals surface area contributed by atoms with Gasteiger partial charge in [0.15, 0.2) is 49.9 Å². The zero-order valence-corrected chi connectivity index (χ0v) is 59.3. The van der Waals surface area contributed by atoms with Crippen LogP contribution in [0.3, 0.4) is 0 Å². The van der Waals surface area contributed by atoms with E-state index < -0.39 is 305 Å². The van der Waals surface area contributed by atoms with E-state index in [9.17, 15) is 112 Å². The third kappa shape index (κ3) is 13.9. The molecule has 12 aliphatic rings. The minimum Gasteiger partial charge on any atom is -0.479 e. The number of hydrogen-bond donors (Lipinski definition) is 21. The van der Waals surface area contributed by atoms with Crippen molar-refractivity contribution in [3.8, 4) is 0 Å². The Labute approximate surface area is 603 Å². The molecule has 0 amide bonds. The van der Waals surface area contributed by atoms with Crippen LogP contribution < -0.4 is 0 Å². The SMILES string of the molecule is CC1OC(OC2C(OC(=O)C34CCC(C)(C)CC3C3=CCC5C6(C)CC(O)C(OC7OC(C(=O)O)C(O)C(OC8OCC(O)C(O)C8O)C7OC7OC(CO)C(O)C(O)C7O)C(C)(CO)C6CCC5(C)C3(C)CC4O)OCC(O)C2O)C(O)C(O)C1OC1OCC(O)C(OC2OCC(O)(CO)C2O)C1O. The molecule has 7 aliphatic heterocycles. The summed E-state index contributed by atoms with van der Waals surface area (Å²) in [6.07, 6.45) is -54.1. The van der Waals surface area contributed by atoms with Crippen LogP contribution in [0.4, 0.5) is 0 Å². The Kier molecular flexibility index (Phi) is 23.7. The van der Waals surface area contributed by atoms with Crippen LogP contribution in [0.25, 0.3) is 0 Å². The van der Waals surface area contributed by atoms with E-state index in [0.29, 0.717) is 32.1 Å². The smallest absolute Gasteiger partial charge is 0.335 e. The van der Waals surface area contributed by atoms with Crippen molar-refractivity contribution in [2.75, 3.05) is 46.2 Å². The Morgan fingerprint density at radius 2 is 1.10 bits per heavy atom. The summed E-state index contributed by atoms with van der Waals surface area (Å²) in [5, 5.41) is 234. The zero-order valence-electron chi connectivity index (χ0n) is 59.3. The number of aliphatic hydroxyl groups is 20. The number of hydrogen-bond acceptors (Lipinski definition) is 36. The van der Waals surface area contributed by atoms with E-state index in [1.165, 1.54) is 6.92 Å². The average molecular weight is 1520 g/mol. The number of ether oxygens (including phenoxy) is 14. The number of aliphatic hydroxyl groups excluding tert-OH is 19. The van der Waals surface area contributed by atoms with Gasteiger partial charge in [0.25, 0.3) is 0 Å². The highest BCUT2D eigenvalue weighted by Crippen LogP contribution is 2.76. The second kappa shape index (κ2) is 30.4. The lowest BCUT2D eigenvalue weighted by Gasteiger charge is -2.72. The van der Waals surface area contributed by atoms with Crippen molar-refractivity contribution >= 4 is 11.9 Å². The molecule has 0 aromatic carbocycles. The van der Waals surface area contributed by atoms with E-state index in [4.69, 9.17) is 66.3 Å². The molecule has 12 rings (SSSR count). The van der Waals surface area contributed by atoms with Gasteiger partial charge < -0.3 is 174 Å². The highest BCUT2D eigenvalue weighted by Gasteiger charge is 2.74. The Morgan fingerprint density at radius 1 is 0.514 bits per heavy atom. The van der Waals surface area contributed by atoms with E-state index in [0.717, 1.165) is 5.57 Å². The van der Waals surface area contributed by atoms with Crippen molar-refractivity contribution in [2.45, 2.75) is 302 Å². The zero-order chi connectivity index (χ0) is 76.7. The molecule has 0 radical (unpaired) electrons. The van der Waals surface area contributed by atoms with Gasteiger partial charge in [0.2, 0.25) is 6.29 Å². The summed E-state index contributed by atoms with van der Waals surface area (Å²) < 4.78 is 82.8. The van der Waals surface area contributed by atoms with E-state index in [1.807, 2.05) is 6.92 Å². The monoisotopic (exact) mass is 1520 g/mol. The Morgan fingerprint density at radius 3 is 1.75 bits per heavy atom. The molecule has 105 heavy (non-hydrogen) atoms. The summed E-state index contributed by atoms with van der Waals surface area (Å²) in [7, 11) is 0. The molecule has 7 heterocycles. The molecule has 0 aromatic heterocycles. The molecule has 602 valence electrons. The number of allylic oxidation sites excluding steroid dienone is 2. The third-order valence-electron chi connectivity index (χ3n) is 26.4. The molecule has 11 fully saturated rings. The first kappa shape index (κ1) is 81.8. The highest BCUT2D eigenvalue weighted by atomic mass is 16.8. The third-order valence-corrected chi connectivity index (χ3v) is 26.4. The maximum Gasteiger partial charge on any atom is 0.335 e. The topological polar surface area (TPSA) is 588 Å². The number of fused-ring (bicyclic) bond motifs is 7. The maximum absolute atomic E-state index is 15.7. The summed E-state index contributed by atoms with van der Waals surface area (Å²) in [5.74, 6) is -4.31. The average Bonchev–Trinajstić information content (AvgIpc) is 0.854. The number of carbonyl (C=O) groups is 2. The van der Waals surface area contributed by atoms with Crippen LogP contribution in [0, 0.1) is 50.2 Å². The summed E-state index contributed by atoms with van der Waals surface area (Å²) in [5.41, 5.74) is -7.37. The van der Waals surface area contributed by atoms with E-state index >= 15 is 4.79 Å². The molecular formula is C68H108O37. The van der Waals surface area contributed by atoms with Crippen LogP contribution in [0.15, 0.2) is 11.6 Å². The number of carboxylic acid groups (broad SMARTS) is 1. The first-order valence-electron chi connectivity index (χ1n) is 36.1. The molecule has 5 aliphatic carbocycles. The normalized spacial score (nSPS) is 55.0. The quantitative estimate of drug-likeness (QED) is 0.0344. The maximum atomic E-state index is 15.7. The Bertz CT molecular complexity index is 3060. The molecule has 0 aromatic rings. The molecule has 41 unspecified atom stereocenters. The number of carbonyl (C=O) groups excluding carboxylic acids is 1. The molecule has 4 saturated carbocycles. The van der Waals surface area contributed by atoms with E-state index in [1.54, 1.807) is 6.92 Å². The van der Waals surface area contributed by atoms with Gasteiger partial charge in [-0.15, -0.1) is 0 Å². The van der Waals surface area contributed by atoms with Crippen molar-refractivity contribution < 1.29 is 183 Å². The molecule has 0 bridgehead atoms. The van der Waals surface area contributed by atoms with Gasteiger partial charge in [0, 0.05) is 5.41 Å². The van der Waals surface area contributed by atoms with Crippen LogP contribution in [0.5, 0.6) is 0 Å². The fraction of sp³-hybridized carbons (Fsp3) is 0.941. The van der Waals surface area contributed by atoms with Crippen molar-refractivity contribution in [2.24, 2.45) is 50.2 Å². The van der Waals surface area contributed by atoms with Crippen LogP contribution in [-0.2, 0) is 75.9 Å². The molecular weight excluding hydrogens is 1410 g/mol. The number of rotatable bonds is 18. The van der Waals surface area contributed by atoms with Gasteiger partial charge in [-0.2, -0.15) is 0 Å². The van der Waals surface area contributed by atoms with Gasteiger partial charge in [-0.3, -0.25) is 4.79 Å². The van der Waals surface area contributed by atoms with Crippen molar-refractivity contribution in [3.63, 3.8) is 0 Å². The highest BCUT2D eigenvalue weighted by molar-refractivity contribution is 5.80. The fourth-order valence-corrected chi connectivity index (χ4v) is 20.0. The van der Waals surface area contributed by atoms with Gasteiger partial charge in [-0.1, -0.05) is 53.2 Å². The lowest BCUT2D eigenvalue weighted by molar-refractivity contribution is -0.396. The van der Waals surface area contributed by atoms with Crippen molar-refractivity contribution in [1.82, 2.24) is 0 Å². The lowest BCUT2D eigenvalue weighted by atomic mass is 9.33. The van der Waals surface area contributed by atoms with Crippen LogP contribution in [0.1, 0.15) is 99.8 Å². The largest absolute Gasteiger partial charge is 0.479 e. The predicted octanol–water partition coefficient (Wildman–Crippen LogP) is -7.97. The van der Waals surface area contributed by atoms with Gasteiger partial charge in [0.1, 0.15) is 127 Å². The van der Waals surface area contributed by atoms with Gasteiger partial charge >= 0.3 is 11.9 Å². The fourth-order valence-electron chi connectivity index (χ4n) is 20.0. The molecule has 41 atom stereocenters. The van der Waals surface area contributed by atoms with Gasteiger partial charge in [0.05, 0.1) is 70.7 Å². The van der Waals surface area contributed by atoms with Crippen LogP contribution in [-0.4, -0.2) is 368 Å². The Hall–Kier alpha value is -2.64. The molecule has 37 heteroatoms. The minimum absolute atomic E-state index is 0.000546. The van der Waals surface area contributed by atoms with E-state index in [-0.39, 0.29) is 25.2 Å². The Balaban J connectivity index is 0.779. The predicted molar refractivity (Wildman–Crippen MR) is 340 cm³/mol. The minimum atomic E-state index is -2.27. The van der Waals surface area contributed by atoms with Crippen LogP contribution >= 0.6 is 0 Å². The number of esters is 1. The summed E-state index contributed by atoms with van der Waals surface area (Å²) in [6.45, 7) is 8.59. The first-order valence-corrected chi connectivity index (χ1v) is 36.1. The lowest BCUT2D eigenvalue weighted by Crippen LogP contribution is -2.71.